The van der Waals surface area contributed by atoms with Gasteiger partial charge in [-0.3, -0.25) is 0 Å². The Morgan fingerprint density at radius 1 is 0.662 bits per heavy atom. The van der Waals surface area contributed by atoms with Gasteiger partial charge >= 0.3 is 0 Å². The first kappa shape index (κ1) is 55.7. The van der Waals surface area contributed by atoms with Gasteiger partial charge in [0.05, 0.1) is 5.41 Å². The molecule has 0 nitrogen and oxygen atoms in total. The van der Waals surface area contributed by atoms with Crippen LogP contribution in [0.3, 0.4) is 0 Å². The van der Waals surface area contributed by atoms with Gasteiger partial charge < -0.3 is 0 Å². The number of fused-ring (bicyclic) bond motifs is 8. The molecule has 0 bridgehead atoms. The van der Waals surface area contributed by atoms with Gasteiger partial charge in [0, 0.05) is 0 Å². The molecule has 3 aliphatic rings. The van der Waals surface area contributed by atoms with Crippen molar-refractivity contribution in [3.63, 3.8) is 0 Å². The maximum Gasteiger partial charge on any atom is 0.0703 e. The minimum absolute atomic E-state index is 0.491. The van der Waals surface area contributed by atoms with Gasteiger partial charge in [-0.1, -0.05) is 250 Å². The van der Waals surface area contributed by atoms with Crippen molar-refractivity contribution in [3.8, 4) is 33.4 Å². The van der Waals surface area contributed by atoms with E-state index in [1.165, 1.54) is 134 Å². The van der Waals surface area contributed by atoms with Gasteiger partial charge in [-0.2, -0.15) is 0 Å². The first-order valence-corrected chi connectivity index (χ1v) is 28.6. The predicted octanol–water partition coefficient (Wildman–Crippen LogP) is 22.0. The topological polar surface area (TPSA) is 0 Å². The molecular weight excluding hydrogens is 925 g/mol. The van der Waals surface area contributed by atoms with Gasteiger partial charge in [0.1, 0.15) is 0 Å². The normalized spacial score (nSPS) is 14.8. The predicted molar refractivity (Wildman–Crippen MR) is 339 cm³/mol. The average molecular weight is 1010 g/mol. The second kappa shape index (κ2) is 25.5. The van der Waals surface area contributed by atoms with Crippen LogP contribution in [-0.2, 0) is 18.3 Å². The minimum Gasteiger partial charge on any atom is -0.0991 e. The Hall–Kier alpha value is -7.54. The van der Waals surface area contributed by atoms with Crippen molar-refractivity contribution in [1.29, 1.82) is 0 Å². The second-order valence-corrected chi connectivity index (χ2v) is 21.1. The SMILES string of the molecule is C=C/C=C(\C=C/C)C(C1=CCCC=C1)(c1ccccc1C)c1cccc2c1Cc1ccc(-c3ccc4c(c3)-c3c(ccc5ccccc35)C4)cc1-2.C=CC(=C/CC)/C(C=C)=C(\CC)c1cc(C(C)CC)ccc1C.CCC. The van der Waals surface area contributed by atoms with Crippen LogP contribution in [-0.4, -0.2) is 0 Å². The Morgan fingerprint density at radius 2 is 1.36 bits per heavy atom. The lowest BCUT2D eigenvalue weighted by Crippen LogP contribution is -2.34. The molecule has 0 heterocycles. The fraction of sp³-hybridized carbons (Fsp3) is 0.247. The zero-order chi connectivity index (χ0) is 54.6. The molecule has 2 atom stereocenters. The van der Waals surface area contributed by atoms with E-state index in [-0.39, 0.29) is 0 Å². The maximum absolute atomic E-state index is 4.20. The summed E-state index contributed by atoms with van der Waals surface area (Å²) in [7, 11) is 0. The largest absolute Gasteiger partial charge is 0.0991 e. The summed E-state index contributed by atoms with van der Waals surface area (Å²) in [6.07, 6.45) is 30.4. The molecule has 0 saturated carbocycles. The van der Waals surface area contributed by atoms with Gasteiger partial charge in [0.15, 0.2) is 0 Å². The van der Waals surface area contributed by atoms with Crippen molar-refractivity contribution < 1.29 is 0 Å². The summed E-state index contributed by atoms with van der Waals surface area (Å²) in [5.74, 6) is 0.588. The third kappa shape index (κ3) is 11.0. The van der Waals surface area contributed by atoms with E-state index < -0.39 is 5.41 Å². The standard InChI is InChI=1S/C51H42.C23H32.C3H8/c1-4-14-41(15-5-2)51(42-18-7-6-8-19-42,48-22-12-9-16-34(48)3)49-23-13-21-44-45-31-36(26-28-39(45)33-47(44)49)37-25-27-38-30-40-29-24-35-17-10-11-20-43(35)50(40)46(38)32-37;1-8-13-19(10-3)21(11-4)22(12-5)23-16-20(17(6)9-2)15-14-18(23)7;1-3-2/h4-5,7,9-29,31-32H,1,6,8,30,33H2,2-3H3;10-11,13-17H,3-4,8-9,12H2,1-2,5-7H3;3H2,1-2H3/b15-5-,41-14+;19-13-,22-21+;. The summed E-state index contributed by atoms with van der Waals surface area (Å²) in [5, 5.41) is 2.66. The monoisotopic (exact) mass is 1010 g/mol. The molecule has 0 saturated heterocycles. The van der Waals surface area contributed by atoms with E-state index >= 15 is 0 Å². The highest BCUT2D eigenvalue weighted by atomic mass is 14.5. The van der Waals surface area contributed by atoms with E-state index in [0.717, 1.165) is 44.9 Å². The Bertz CT molecular complexity index is 3510. The third-order valence-corrected chi connectivity index (χ3v) is 16.1. The third-order valence-electron chi connectivity index (χ3n) is 16.1. The van der Waals surface area contributed by atoms with Gasteiger partial charge in [-0.15, -0.1) is 0 Å². The molecule has 7 aromatic rings. The van der Waals surface area contributed by atoms with E-state index in [1.807, 2.05) is 18.2 Å². The van der Waals surface area contributed by atoms with E-state index in [2.05, 4.69) is 258 Å². The molecule has 0 N–H and O–H groups in total. The van der Waals surface area contributed by atoms with Crippen molar-refractivity contribution in [2.45, 2.75) is 125 Å². The number of hydrogen-bond donors (Lipinski definition) is 0. The van der Waals surface area contributed by atoms with E-state index in [9.17, 15) is 0 Å². The molecular formula is C77H82. The summed E-state index contributed by atoms with van der Waals surface area (Å²) in [6.45, 7) is 32.0. The minimum atomic E-state index is -0.491. The lowest BCUT2D eigenvalue weighted by molar-refractivity contribution is 0.715. The first-order chi connectivity index (χ1) is 37.6. The Labute approximate surface area is 464 Å². The van der Waals surface area contributed by atoms with Crippen LogP contribution < -0.4 is 0 Å². The van der Waals surface area contributed by atoms with E-state index in [0.29, 0.717) is 5.92 Å². The summed E-state index contributed by atoms with van der Waals surface area (Å²) in [5.41, 5.74) is 27.6. The average Bonchev–Trinajstić information content (AvgIpc) is 4.09. The molecule has 390 valence electrons. The molecule has 77 heavy (non-hydrogen) atoms. The van der Waals surface area contributed by atoms with Gasteiger partial charge in [-0.25, -0.2) is 0 Å². The molecule has 0 heteroatoms. The summed E-state index contributed by atoms with van der Waals surface area (Å²) < 4.78 is 0. The van der Waals surface area contributed by atoms with Crippen LogP contribution >= 0.6 is 0 Å². The van der Waals surface area contributed by atoms with E-state index in [4.69, 9.17) is 0 Å². The Morgan fingerprint density at radius 3 is 2.03 bits per heavy atom. The summed E-state index contributed by atoms with van der Waals surface area (Å²) in [6, 6.07) is 50.6. The highest BCUT2D eigenvalue weighted by molar-refractivity contribution is 6.02. The lowest BCUT2D eigenvalue weighted by Gasteiger charge is -2.41. The van der Waals surface area contributed by atoms with Crippen LogP contribution in [0.4, 0.5) is 0 Å². The highest BCUT2D eigenvalue weighted by Gasteiger charge is 2.43. The fourth-order valence-electron chi connectivity index (χ4n) is 12.3. The van der Waals surface area contributed by atoms with Crippen molar-refractivity contribution in [3.05, 3.63) is 292 Å². The maximum atomic E-state index is 4.20. The molecule has 0 aliphatic heterocycles. The number of hydrogen-bond acceptors (Lipinski definition) is 0. The zero-order valence-corrected chi connectivity index (χ0v) is 47.8. The van der Waals surface area contributed by atoms with Gasteiger partial charge in [0.2, 0.25) is 0 Å². The van der Waals surface area contributed by atoms with Crippen LogP contribution in [0, 0.1) is 13.8 Å². The number of allylic oxidation sites excluding steroid dienone is 15. The van der Waals surface area contributed by atoms with Gasteiger partial charge in [-0.05, 0) is 211 Å². The number of benzene rings is 7. The van der Waals surface area contributed by atoms with Crippen molar-refractivity contribution >= 4 is 16.3 Å². The van der Waals surface area contributed by atoms with Crippen LogP contribution in [0.15, 0.2) is 236 Å². The van der Waals surface area contributed by atoms with Crippen LogP contribution in [0.1, 0.15) is 149 Å². The number of rotatable bonds is 15. The summed E-state index contributed by atoms with van der Waals surface area (Å²) in [4.78, 5) is 0. The molecule has 0 amide bonds. The van der Waals surface area contributed by atoms with Crippen LogP contribution in [0.25, 0.3) is 49.7 Å². The smallest absolute Gasteiger partial charge is 0.0703 e. The molecule has 0 aromatic heterocycles. The Balaban J connectivity index is 0.000000254. The van der Waals surface area contributed by atoms with E-state index in [1.54, 1.807) is 0 Å². The number of aryl methyl sites for hydroxylation is 2. The highest BCUT2D eigenvalue weighted by Crippen LogP contribution is 2.54. The quantitative estimate of drug-likeness (QED) is 0.0898. The molecule has 3 aliphatic carbocycles. The summed E-state index contributed by atoms with van der Waals surface area (Å²) >= 11 is 0. The molecule has 10 rings (SSSR count). The first-order valence-electron chi connectivity index (χ1n) is 28.6. The molecule has 0 spiro atoms. The van der Waals surface area contributed by atoms with Crippen molar-refractivity contribution in [2.24, 2.45) is 0 Å². The lowest BCUT2D eigenvalue weighted by atomic mass is 9.60. The zero-order valence-electron chi connectivity index (χ0n) is 47.8. The van der Waals surface area contributed by atoms with Gasteiger partial charge in [0.25, 0.3) is 0 Å². The second-order valence-electron chi connectivity index (χ2n) is 21.1. The van der Waals surface area contributed by atoms with Crippen LogP contribution in [0.5, 0.6) is 0 Å². The van der Waals surface area contributed by atoms with Crippen molar-refractivity contribution in [1.82, 2.24) is 0 Å². The van der Waals surface area contributed by atoms with Crippen LogP contribution in [0.2, 0.25) is 0 Å². The molecule has 0 fully saturated rings. The molecule has 7 aromatic carbocycles. The molecule has 2 unspecified atom stereocenters. The molecule has 0 radical (unpaired) electrons. The fourth-order valence-corrected chi connectivity index (χ4v) is 12.3. The van der Waals surface area contributed by atoms with Crippen molar-refractivity contribution in [2.75, 3.05) is 0 Å². The Kier molecular flexibility index (Phi) is 18.5.